The molecule has 5 aromatic rings. The van der Waals surface area contributed by atoms with Gasteiger partial charge in [-0.1, -0.05) is 87.5 Å². The predicted molar refractivity (Wildman–Crippen MR) is 179 cm³/mol. The highest BCUT2D eigenvalue weighted by Crippen LogP contribution is 2.35. The van der Waals surface area contributed by atoms with Gasteiger partial charge in [-0.15, -0.1) is 0 Å². The van der Waals surface area contributed by atoms with Crippen LogP contribution in [0.15, 0.2) is 121 Å². The van der Waals surface area contributed by atoms with E-state index in [4.69, 9.17) is 14.2 Å². The molecule has 238 valence electrons. The van der Waals surface area contributed by atoms with Gasteiger partial charge in [0.2, 0.25) is 0 Å². The van der Waals surface area contributed by atoms with Crippen molar-refractivity contribution in [3.05, 3.63) is 160 Å². The van der Waals surface area contributed by atoms with Crippen molar-refractivity contribution in [1.29, 1.82) is 0 Å². The summed E-state index contributed by atoms with van der Waals surface area (Å²) < 4.78 is 17.4. The van der Waals surface area contributed by atoms with Crippen molar-refractivity contribution < 1.29 is 33.7 Å². The van der Waals surface area contributed by atoms with Crippen LogP contribution in [-0.2, 0) is 34.7 Å². The number of esters is 2. The Kier molecular flexibility index (Phi) is 10.2. The molecule has 0 aromatic heterocycles. The van der Waals surface area contributed by atoms with E-state index in [1.54, 1.807) is 60.7 Å². The number of carbonyl (C=O) groups is 3. The fourth-order valence-corrected chi connectivity index (χ4v) is 5.12. The zero-order valence-corrected chi connectivity index (χ0v) is 26.6. The molecular weight excluding hydrogens is 592 g/mol. The molecule has 0 amide bonds. The lowest BCUT2D eigenvalue weighted by Crippen LogP contribution is -2.14. The van der Waals surface area contributed by atoms with Gasteiger partial charge in [-0.3, -0.25) is 0 Å². The maximum atomic E-state index is 12.7. The van der Waals surface area contributed by atoms with E-state index < -0.39 is 17.9 Å². The van der Waals surface area contributed by atoms with Gasteiger partial charge in [-0.05, 0) is 93.4 Å². The molecule has 5 aromatic carbocycles. The van der Waals surface area contributed by atoms with Gasteiger partial charge in [0, 0.05) is 0 Å². The first-order chi connectivity index (χ1) is 22.6. The molecular formula is C40H36O7. The van der Waals surface area contributed by atoms with Crippen LogP contribution in [-0.4, -0.2) is 23.0 Å². The van der Waals surface area contributed by atoms with Crippen molar-refractivity contribution in [1.82, 2.24) is 0 Å². The van der Waals surface area contributed by atoms with Gasteiger partial charge in [0.1, 0.15) is 25.6 Å². The second kappa shape index (κ2) is 14.6. The lowest BCUT2D eigenvalue weighted by atomic mass is 9.81. The fourth-order valence-electron chi connectivity index (χ4n) is 5.12. The fraction of sp³-hybridized carbons (Fsp3) is 0.175. The predicted octanol–water partition coefficient (Wildman–Crippen LogP) is 8.64. The molecule has 0 aliphatic heterocycles. The Balaban J connectivity index is 1.34. The molecule has 0 heterocycles. The van der Waals surface area contributed by atoms with E-state index in [1.165, 1.54) is 0 Å². The summed E-state index contributed by atoms with van der Waals surface area (Å²) >= 11 is 0. The summed E-state index contributed by atoms with van der Waals surface area (Å²) in [4.78, 5) is 37.0. The molecule has 7 nitrogen and oxygen atoms in total. The zero-order chi connectivity index (χ0) is 33.4. The van der Waals surface area contributed by atoms with Crippen molar-refractivity contribution in [2.45, 2.75) is 46.0 Å². The number of ether oxygens (including phenoxy) is 3. The van der Waals surface area contributed by atoms with Crippen molar-refractivity contribution in [2.24, 2.45) is 0 Å². The van der Waals surface area contributed by atoms with E-state index in [1.807, 2.05) is 60.7 Å². The smallest absolute Gasteiger partial charge is 0.338 e. The minimum atomic E-state index is -0.964. The first kappa shape index (κ1) is 32.7. The number of hydrogen-bond donors (Lipinski definition) is 1. The number of aromatic carboxylic acids is 1. The summed E-state index contributed by atoms with van der Waals surface area (Å²) in [6.07, 6.45) is 0. The number of carboxylic acids is 1. The van der Waals surface area contributed by atoms with Crippen LogP contribution in [0.25, 0.3) is 11.1 Å². The number of rotatable bonds is 11. The molecule has 0 spiro atoms. The zero-order valence-electron chi connectivity index (χ0n) is 26.6. The summed E-state index contributed by atoms with van der Waals surface area (Å²) in [5, 5.41) is 9.54. The van der Waals surface area contributed by atoms with Gasteiger partial charge < -0.3 is 19.3 Å². The van der Waals surface area contributed by atoms with Crippen molar-refractivity contribution in [2.75, 3.05) is 0 Å². The summed E-state index contributed by atoms with van der Waals surface area (Å²) in [6.45, 7) is 6.39. The Morgan fingerprint density at radius 3 is 1.81 bits per heavy atom. The molecule has 7 heteroatoms. The lowest BCUT2D eigenvalue weighted by Gasteiger charge is -2.24. The van der Waals surface area contributed by atoms with Gasteiger partial charge in [0.05, 0.1) is 16.7 Å². The van der Waals surface area contributed by atoms with Gasteiger partial charge >= 0.3 is 17.9 Å². The van der Waals surface area contributed by atoms with Crippen LogP contribution in [0.1, 0.15) is 74.1 Å². The first-order valence-electron chi connectivity index (χ1n) is 15.2. The summed E-state index contributed by atoms with van der Waals surface area (Å²) in [7, 11) is 0. The quantitative estimate of drug-likeness (QED) is 0.146. The van der Waals surface area contributed by atoms with Crippen molar-refractivity contribution in [3.63, 3.8) is 0 Å². The van der Waals surface area contributed by atoms with E-state index >= 15 is 0 Å². The lowest BCUT2D eigenvalue weighted by molar-refractivity contribution is 0.0435. The van der Waals surface area contributed by atoms with Crippen molar-refractivity contribution >= 4 is 17.9 Å². The van der Waals surface area contributed by atoms with Crippen molar-refractivity contribution in [3.8, 4) is 16.9 Å². The third kappa shape index (κ3) is 8.52. The van der Waals surface area contributed by atoms with E-state index in [2.05, 4.69) is 20.8 Å². The van der Waals surface area contributed by atoms with E-state index in [9.17, 15) is 19.5 Å². The van der Waals surface area contributed by atoms with Crippen LogP contribution in [0.5, 0.6) is 5.75 Å². The molecule has 0 unspecified atom stereocenters. The molecule has 0 saturated carbocycles. The van der Waals surface area contributed by atoms with Gasteiger partial charge in [0.25, 0.3) is 0 Å². The third-order valence-electron chi connectivity index (χ3n) is 7.63. The highest BCUT2D eigenvalue weighted by Gasteiger charge is 2.21. The number of benzene rings is 5. The molecule has 5 rings (SSSR count). The molecule has 1 N–H and O–H groups in total. The molecule has 0 bridgehead atoms. The number of carbonyl (C=O) groups excluding carboxylic acids is 2. The standard InChI is InChI=1S/C40H36O7/c1-40(2,3)36-23-31(37(41)42)19-20-35(36)30-15-10-16-34(22-30)45-24-27-17-18-32(25-46-38(43)28-11-6-4-7-12-28)33(21-27)26-47-39(44)29-13-8-5-9-14-29/h4-23H,24-26H2,1-3H3,(H,41,42). The SMILES string of the molecule is CC(C)(C)c1cc(C(=O)O)ccc1-c1cccc(OCc2ccc(COC(=O)c3ccccc3)c(COC(=O)c3ccccc3)c2)c1. The highest BCUT2D eigenvalue weighted by molar-refractivity contribution is 5.90. The van der Waals surface area contributed by atoms with E-state index in [0.29, 0.717) is 28.0 Å². The number of hydrogen-bond acceptors (Lipinski definition) is 6. The summed E-state index contributed by atoms with van der Waals surface area (Å²) in [5.74, 6) is -1.23. The Hall–Kier alpha value is -5.69. The second-order valence-electron chi connectivity index (χ2n) is 12.1. The first-order valence-corrected chi connectivity index (χ1v) is 15.2. The largest absolute Gasteiger partial charge is 0.489 e. The van der Waals surface area contributed by atoms with Crippen LogP contribution in [0.2, 0.25) is 0 Å². The summed E-state index contributed by atoms with van der Waals surface area (Å²) in [6, 6.07) is 36.0. The minimum absolute atomic E-state index is 0.00586. The monoisotopic (exact) mass is 628 g/mol. The van der Waals surface area contributed by atoms with Gasteiger partial charge in [-0.25, -0.2) is 14.4 Å². The molecule has 0 aliphatic rings. The van der Waals surface area contributed by atoms with Crippen LogP contribution >= 0.6 is 0 Å². The van der Waals surface area contributed by atoms with Crippen LogP contribution in [0.4, 0.5) is 0 Å². The average Bonchev–Trinajstić information content (AvgIpc) is 3.09. The van der Waals surface area contributed by atoms with Crippen LogP contribution in [0.3, 0.4) is 0 Å². The summed E-state index contributed by atoms with van der Waals surface area (Å²) in [5.41, 5.74) is 5.86. The van der Waals surface area contributed by atoms with Crippen LogP contribution in [0, 0.1) is 0 Å². The van der Waals surface area contributed by atoms with Crippen LogP contribution < -0.4 is 4.74 Å². The molecule has 0 saturated heterocycles. The second-order valence-corrected chi connectivity index (χ2v) is 12.1. The molecule has 0 radical (unpaired) electrons. The highest BCUT2D eigenvalue weighted by atomic mass is 16.5. The Morgan fingerprint density at radius 2 is 1.21 bits per heavy atom. The third-order valence-corrected chi connectivity index (χ3v) is 7.63. The molecule has 47 heavy (non-hydrogen) atoms. The van der Waals surface area contributed by atoms with E-state index in [-0.39, 0.29) is 30.8 Å². The molecule has 0 aliphatic carbocycles. The Labute approximate surface area is 274 Å². The molecule has 0 fully saturated rings. The number of carboxylic acid groups (broad SMARTS) is 1. The maximum Gasteiger partial charge on any atom is 0.338 e. The van der Waals surface area contributed by atoms with Gasteiger partial charge in [-0.2, -0.15) is 0 Å². The van der Waals surface area contributed by atoms with Gasteiger partial charge in [0.15, 0.2) is 0 Å². The Bertz CT molecular complexity index is 1870. The topological polar surface area (TPSA) is 99.1 Å². The minimum Gasteiger partial charge on any atom is -0.489 e. The average molecular weight is 629 g/mol. The normalized spacial score (nSPS) is 11.0. The van der Waals surface area contributed by atoms with E-state index in [0.717, 1.165) is 22.3 Å². The maximum absolute atomic E-state index is 12.7. The molecule has 0 atom stereocenters. The Morgan fingerprint density at radius 1 is 0.596 bits per heavy atom.